The molecule has 0 bridgehead atoms. The van der Waals surface area contributed by atoms with Crippen molar-refractivity contribution in [3.05, 3.63) is 119 Å². The third-order valence-corrected chi connectivity index (χ3v) is 8.40. The number of nitrogens with zero attached hydrogens (tertiary/aromatic N) is 5. The highest BCUT2D eigenvalue weighted by molar-refractivity contribution is 6.51. The number of fused-ring (bicyclic) bond motifs is 4. The standard InChI is InChI=1S/C37H36N6O2/c1-5-6-12-25-17-20-27(21-18-25)38-35-37-40-36-33(24(2)41-43(36)28-13-8-7-9-14-28)34(26-19-22-31(44-3)32(23-26)45-4)42(37)30-16-11-10-15-29(30)39-35/h7-11,13-23,34H,5-6,12H2,1-4H3,(H,38,39)/t34-/m1/s1. The lowest BCUT2D eigenvalue weighted by molar-refractivity contribution is 0.354. The maximum Gasteiger partial charge on any atom is 0.179 e. The SMILES string of the molecule is CCCCc1ccc(NC2=Nc3ccccc3N3C2=Nc2c(c(C)nn2-c2ccccc2)[C@H]3c2ccc(OC)c(OC)c2)cc1. The van der Waals surface area contributed by atoms with Crippen molar-refractivity contribution in [2.45, 2.75) is 39.2 Å². The Kier molecular flexibility index (Phi) is 7.55. The van der Waals surface area contributed by atoms with Crippen molar-refractivity contribution in [1.82, 2.24) is 9.78 Å². The van der Waals surface area contributed by atoms with Crippen LogP contribution in [-0.4, -0.2) is 35.7 Å². The lowest BCUT2D eigenvalue weighted by atomic mass is 9.93. The van der Waals surface area contributed by atoms with Gasteiger partial charge in [-0.25, -0.2) is 14.7 Å². The molecule has 5 aromatic rings. The zero-order valence-electron chi connectivity index (χ0n) is 26.0. The van der Waals surface area contributed by atoms with Crippen molar-refractivity contribution >= 4 is 34.6 Å². The minimum Gasteiger partial charge on any atom is -0.493 e. The lowest BCUT2D eigenvalue weighted by Crippen LogP contribution is -2.46. The molecule has 1 aromatic heterocycles. The number of ether oxygens (including phenoxy) is 2. The average Bonchev–Trinajstić information content (AvgIpc) is 3.42. The van der Waals surface area contributed by atoms with Crippen LogP contribution in [0.5, 0.6) is 11.5 Å². The molecule has 1 atom stereocenters. The number of anilines is 2. The van der Waals surface area contributed by atoms with Crippen molar-refractivity contribution < 1.29 is 9.47 Å². The molecule has 8 heteroatoms. The van der Waals surface area contributed by atoms with Crippen molar-refractivity contribution in [2.24, 2.45) is 9.98 Å². The van der Waals surface area contributed by atoms with Crippen molar-refractivity contribution in [3.63, 3.8) is 0 Å². The van der Waals surface area contributed by atoms with Gasteiger partial charge in [0.05, 0.1) is 43.0 Å². The Morgan fingerprint density at radius 3 is 2.33 bits per heavy atom. The summed E-state index contributed by atoms with van der Waals surface area (Å²) in [5.74, 6) is 3.49. The molecule has 0 unspecified atom stereocenters. The van der Waals surface area contributed by atoms with Gasteiger partial charge >= 0.3 is 0 Å². The highest BCUT2D eigenvalue weighted by Crippen LogP contribution is 2.49. The van der Waals surface area contributed by atoms with Gasteiger partial charge in [-0.05, 0) is 79.4 Å². The summed E-state index contributed by atoms with van der Waals surface area (Å²) in [4.78, 5) is 12.7. The van der Waals surface area contributed by atoms with Crippen LogP contribution >= 0.6 is 0 Å². The molecule has 2 aliphatic heterocycles. The van der Waals surface area contributed by atoms with Gasteiger partial charge < -0.3 is 19.7 Å². The normalized spacial score (nSPS) is 14.9. The molecule has 0 radical (unpaired) electrons. The van der Waals surface area contributed by atoms with Crippen LogP contribution < -0.4 is 19.7 Å². The first kappa shape index (κ1) is 28.4. The number of hydrogen-bond donors (Lipinski definition) is 1. The zero-order chi connectivity index (χ0) is 30.9. The minimum absolute atomic E-state index is 0.269. The summed E-state index contributed by atoms with van der Waals surface area (Å²) < 4.78 is 13.3. The molecule has 3 heterocycles. The third-order valence-electron chi connectivity index (χ3n) is 8.40. The molecule has 2 aliphatic rings. The Bertz CT molecular complexity index is 1910. The molecule has 4 aromatic carbocycles. The van der Waals surface area contributed by atoms with Crippen LogP contribution in [0.2, 0.25) is 0 Å². The number of methoxy groups -OCH3 is 2. The van der Waals surface area contributed by atoms with E-state index in [1.807, 2.05) is 65.3 Å². The Hall–Kier alpha value is -5.37. The van der Waals surface area contributed by atoms with Crippen LogP contribution in [0.15, 0.2) is 107 Å². The summed E-state index contributed by atoms with van der Waals surface area (Å²) in [6, 6.07) is 32.8. The Morgan fingerprint density at radius 2 is 1.58 bits per heavy atom. The first-order valence-corrected chi connectivity index (χ1v) is 15.4. The van der Waals surface area contributed by atoms with Gasteiger partial charge in [-0.15, -0.1) is 0 Å². The molecule has 7 rings (SSSR count). The number of amidine groups is 2. The van der Waals surface area contributed by atoms with Crippen LogP contribution in [-0.2, 0) is 6.42 Å². The predicted molar refractivity (Wildman–Crippen MR) is 181 cm³/mol. The zero-order valence-corrected chi connectivity index (χ0v) is 26.0. The van der Waals surface area contributed by atoms with E-state index >= 15 is 0 Å². The van der Waals surface area contributed by atoms with Crippen molar-refractivity contribution in [1.29, 1.82) is 0 Å². The van der Waals surface area contributed by atoms with Gasteiger partial charge in [-0.1, -0.05) is 61.9 Å². The second-order valence-corrected chi connectivity index (χ2v) is 11.3. The summed E-state index contributed by atoms with van der Waals surface area (Å²) in [5, 5.41) is 8.66. The fourth-order valence-corrected chi connectivity index (χ4v) is 6.16. The molecule has 226 valence electrons. The van der Waals surface area contributed by atoms with E-state index in [-0.39, 0.29) is 6.04 Å². The number of aliphatic imine (C=N–C) groups is 2. The van der Waals surface area contributed by atoms with Crippen LogP contribution in [0.1, 0.15) is 48.2 Å². The van der Waals surface area contributed by atoms with E-state index in [9.17, 15) is 0 Å². The highest BCUT2D eigenvalue weighted by atomic mass is 16.5. The first-order valence-electron chi connectivity index (χ1n) is 15.4. The number of unbranched alkanes of at least 4 members (excludes halogenated alkanes) is 1. The molecule has 1 N–H and O–H groups in total. The molecule has 0 saturated heterocycles. The summed E-state index contributed by atoms with van der Waals surface area (Å²) in [7, 11) is 3.32. The van der Waals surface area contributed by atoms with Gasteiger partial charge in [0.15, 0.2) is 29.0 Å². The maximum absolute atomic E-state index is 5.77. The number of benzene rings is 4. The van der Waals surface area contributed by atoms with Gasteiger partial charge in [0.1, 0.15) is 0 Å². The van der Waals surface area contributed by atoms with Crippen molar-refractivity contribution in [2.75, 3.05) is 24.4 Å². The highest BCUT2D eigenvalue weighted by Gasteiger charge is 2.41. The van der Waals surface area contributed by atoms with Crippen molar-refractivity contribution in [3.8, 4) is 17.2 Å². The summed E-state index contributed by atoms with van der Waals surface area (Å²) >= 11 is 0. The first-order chi connectivity index (χ1) is 22.1. The van der Waals surface area contributed by atoms with E-state index in [2.05, 4.69) is 60.5 Å². The summed E-state index contributed by atoms with van der Waals surface area (Å²) in [6.07, 6.45) is 3.43. The van der Waals surface area contributed by atoms with Gasteiger partial charge in [-0.2, -0.15) is 5.10 Å². The smallest absolute Gasteiger partial charge is 0.179 e. The molecule has 0 spiro atoms. The number of hydrogen-bond acceptors (Lipinski definition) is 7. The second kappa shape index (κ2) is 12.0. The maximum atomic E-state index is 5.77. The molecular formula is C37H36N6O2. The van der Waals surface area contributed by atoms with Crippen LogP contribution in [0.4, 0.5) is 22.9 Å². The molecule has 0 saturated carbocycles. The van der Waals surface area contributed by atoms with E-state index in [0.717, 1.165) is 51.8 Å². The monoisotopic (exact) mass is 596 g/mol. The number of para-hydroxylation sites is 3. The average molecular weight is 597 g/mol. The molecule has 0 fully saturated rings. The van der Waals surface area contributed by atoms with Gasteiger partial charge in [0.25, 0.3) is 0 Å². The predicted octanol–water partition coefficient (Wildman–Crippen LogP) is 8.34. The number of nitrogens with one attached hydrogen (secondary N) is 1. The summed E-state index contributed by atoms with van der Waals surface area (Å²) in [6.45, 7) is 4.27. The number of aryl methyl sites for hydroxylation is 2. The second-order valence-electron chi connectivity index (χ2n) is 11.3. The fraction of sp³-hybridized carbons (Fsp3) is 0.216. The van der Waals surface area contributed by atoms with Crippen LogP contribution in [0, 0.1) is 6.92 Å². The Labute approximate surface area is 263 Å². The van der Waals surface area contributed by atoms with Crippen LogP contribution in [0.25, 0.3) is 5.69 Å². The Balaban J connectivity index is 1.43. The molecular weight excluding hydrogens is 560 g/mol. The van der Waals surface area contributed by atoms with E-state index in [0.29, 0.717) is 23.2 Å². The van der Waals surface area contributed by atoms with Gasteiger partial charge in [0.2, 0.25) is 0 Å². The fourth-order valence-electron chi connectivity index (χ4n) is 6.16. The molecule has 0 amide bonds. The molecule has 0 aliphatic carbocycles. The van der Waals surface area contributed by atoms with E-state index < -0.39 is 0 Å². The lowest BCUT2D eigenvalue weighted by Gasteiger charge is -2.40. The molecule has 8 nitrogen and oxygen atoms in total. The van der Waals surface area contributed by atoms with Gasteiger partial charge in [0, 0.05) is 11.3 Å². The van der Waals surface area contributed by atoms with Crippen LogP contribution in [0.3, 0.4) is 0 Å². The number of aromatic nitrogens is 2. The Morgan fingerprint density at radius 1 is 0.822 bits per heavy atom. The number of rotatable bonds is 8. The quantitative estimate of drug-likeness (QED) is 0.195. The molecule has 45 heavy (non-hydrogen) atoms. The summed E-state index contributed by atoms with van der Waals surface area (Å²) in [5.41, 5.74) is 7.99. The third kappa shape index (κ3) is 5.12. The van der Waals surface area contributed by atoms with Gasteiger partial charge in [-0.3, -0.25) is 0 Å². The topological polar surface area (TPSA) is 76.3 Å². The minimum atomic E-state index is -0.269. The van der Waals surface area contributed by atoms with E-state index in [1.165, 1.54) is 18.4 Å². The van der Waals surface area contributed by atoms with E-state index in [4.69, 9.17) is 24.6 Å². The van der Waals surface area contributed by atoms with E-state index in [1.54, 1.807) is 14.2 Å². The largest absolute Gasteiger partial charge is 0.493 e.